The van der Waals surface area contributed by atoms with Crippen molar-refractivity contribution < 1.29 is 13.9 Å². The van der Waals surface area contributed by atoms with E-state index in [1.54, 1.807) is 18.0 Å². The molecule has 1 aromatic rings. The quantitative estimate of drug-likeness (QED) is 0.820. The molecule has 1 rings (SSSR count). The van der Waals surface area contributed by atoms with Crippen molar-refractivity contribution in [1.82, 2.24) is 10.2 Å². The highest BCUT2D eigenvalue weighted by Gasteiger charge is 2.08. The van der Waals surface area contributed by atoms with Crippen LogP contribution in [0.15, 0.2) is 18.2 Å². The Balaban J connectivity index is 2.62. The SMILES string of the molecule is CCNCc1cc(F)cc(OCC(=O)N(C)CC)c1. The molecule has 1 N–H and O–H groups in total. The summed E-state index contributed by atoms with van der Waals surface area (Å²) < 4.78 is 18.7. The molecule has 0 radical (unpaired) electrons. The third-order valence-corrected chi connectivity index (χ3v) is 2.77. The average Bonchev–Trinajstić information content (AvgIpc) is 2.41. The number of hydrogen-bond acceptors (Lipinski definition) is 3. The van der Waals surface area contributed by atoms with Crippen molar-refractivity contribution in [3.8, 4) is 5.75 Å². The van der Waals surface area contributed by atoms with Gasteiger partial charge in [0, 0.05) is 26.2 Å². The number of rotatable bonds is 7. The minimum absolute atomic E-state index is 0.0750. The van der Waals surface area contributed by atoms with E-state index < -0.39 is 0 Å². The van der Waals surface area contributed by atoms with E-state index in [1.807, 2.05) is 13.8 Å². The summed E-state index contributed by atoms with van der Waals surface area (Å²) in [5, 5.41) is 3.11. The summed E-state index contributed by atoms with van der Waals surface area (Å²) in [6.07, 6.45) is 0. The van der Waals surface area contributed by atoms with Gasteiger partial charge in [-0.3, -0.25) is 4.79 Å². The highest BCUT2D eigenvalue weighted by molar-refractivity contribution is 5.77. The maximum Gasteiger partial charge on any atom is 0.260 e. The molecule has 0 saturated carbocycles. The molecule has 0 atom stereocenters. The fourth-order valence-corrected chi connectivity index (χ4v) is 1.51. The minimum atomic E-state index is -0.360. The number of amides is 1. The first-order valence-electron chi connectivity index (χ1n) is 6.43. The van der Waals surface area contributed by atoms with Gasteiger partial charge >= 0.3 is 0 Å². The van der Waals surface area contributed by atoms with Crippen LogP contribution in [-0.4, -0.2) is 37.6 Å². The number of halogens is 1. The average molecular weight is 268 g/mol. The molecular formula is C14H21FN2O2. The lowest BCUT2D eigenvalue weighted by molar-refractivity contribution is -0.131. The number of hydrogen-bond donors (Lipinski definition) is 1. The van der Waals surface area contributed by atoms with Gasteiger partial charge in [-0.1, -0.05) is 6.92 Å². The van der Waals surface area contributed by atoms with Gasteiger partial charge in [0.15, 0.2) is 6.61 Å². The zero-order valence-corrected chi connectivity index (χ0v) is 11.7. The van der Waals surface area contributed by atoms with E-state index in [2.05, 4.69) is 5.32 Å². The molecule has 1 amide bonds. The number of benzene rings is 1. The van der Waals surface area contributed by atoms with E-state index in [9.17, 15) is 9.18 Å². The second-order valence-electron chi connectivity index (χ2n) is 4.27. The van der Waals surface area contributed by atoms with Crippen LogP contribution in [-0.2, 0) is 11.3 Å². The molecule has 0 bridgehead atoms. The van der Waals surface area contributed by atoms with Crippen LogP contribution >= 0.6 is 0 Å². The summed E-state index contributed by atoms with van der Waals surface area (Å²) in [7, 11) is 1.70. The second-order valence-corrected chi connectivity index (χ2v) is 4.27. The van der Waals surface area contributed by atoms with Crippen LogP contribution in [0.4, 0.5) is 4.39 Å². The molecule has 0 aromatic heterocycles. The van der Waals surface area contributed by atoms with Crippen molar-refractivity contribution in [3.05, 3.63) is 29.6 Å². The third-order valence-electron chi connectivity index (χ3n) is 2.77. The number of nitrogens with one attached hydrogen (secondary N) is 1. The van der Waals surface area contributed by atoms with Crippen LogP contribution in [0.3, 0.4) is 0 Å². The van der Waals surface area contributed by atoms with Crippen LogP contribution in [0.5, 0.6) is 5.75 Å². The molecule has 0 aliphatic rings. The Kier molecular flexibility index (Phi) is 6.29. The summed E-state index contributed by atoms with van der Waals surface area (Å²) >= 11 is 0. The molecule has 0 aliphatic carbocycles. The zero-order valence-electron chi connectivity index (χ0n) is 11.7. The van der Waals surface area contributed by atoms with Crippen molar-refractivity contribution in [2.75, 3.05) is 26.7 Å². The predicted molar refractivity (Wildman–Crippen MR) is 72.6 cm³/mol. The molecule has 1 aromatic carbocycles. The van der Waals surface area contributed by atoms with Crippen molar-refractivity contribution >= 4 is 5.91 Å². The number of carbonyl (C=O) groups is 1. The Bertz CT molecular complexity index is 424. The van der Waals surface area contributed by atoms with Crippen LogP contribution in [0.1, 0.15) is 19.4 Å². The highest BCUT2D eigenvalue weighted by atomic mass is 19.1. The molecule has 4 nitrogen and oxygen atoms in total. The lowest BCUT2D eigenvalue weighted by Crippen LogP contribution is -2.31. The molecule has 0 fully saturated rings. The molecule has 0 aliphatic heterocycles. The Morgan fingerprint density at radius 1 is 1.37 bits per heavy atom. The molecule has 19 heavy (non-hydrogen) atoms. The number of ether oxygens (including phenoxy) is 1. The van der Waals surface area contributed by atoms with Gasteiger partial charge in [-0.15, -0.1) is 0 Å². The zero-order chi connectivity index (χ0) is 14.3. The topological polar surface area (TPSA) is 41.6 Å². The van der Waals surface area contributed by atoms with E-state index in [4.69, 9.17) is 4.74 Å². The summed E-state index contributed by atoms with van der Waals surface area (Å²) in [5.41, 5.74) is 0.799. The number of likely N-dealkylation sites (N-methyl/N-ethyl adjacent to an activating group) is 1. The fourth-order valence-electron chi connectivity index (χ4n) is 1.51. The summed E-state index contributed by atoms with van der Waals surface area (Å²) in [6, 6.07) is 4.48. The molecule has 0 spiro atoms. The van der Waals surface area contributed by atoms with Gasteiger partial charge in [-0.05, 0) is 31.2 Å². The summed E-state index contributed by atoms with van der Waals surface area (Å²) in [4.78, 5) is 13.1. The maximum atomic E-state index is 13.4. The Labute approximate surface area is 113 Å². The van der Waals surface area contributed by atoms with Crippen molar-refractivity contribution in [2.45, 2.75) is 20.4 Å². The monoisotopic (exact) mass is 268 g/mol. The lowest BCUT2D eigenvalue weighted by Gasteiger charge is -2.15. The number of nitrogens with zero attached hydrogens (tertiary/aromatic N) is 1. The van der Waals surface area contributed by atoms with Gasteiger partial charge in [0.25, 0.3) is 5.91 Å². The second kappa shape index (κ2) is 7.74. The Morgan fingerprint density at radius 3 is 2.74 bits per heavy atom. The van der Waals surface area contributed by atoms with Crippen molar-refractivity contribution in [1.29, 1.82) is 0 Å². The summed E-state index contributed by atoms with van der Waals surface area (Å²) in [5.74, 6) is -0.104. The van der Waals surface area contributed by atoms with Crippen molar-refractivity contribution in [2.24, 2.45) is 0 Å². The largest absolute Gasteiger partial charge is 0.484 e. The molecule has 106 valence electrons. The van der Waals surface area contributed by atoms with Gasteiger partial charge in [-0.2, -0.15) is 0 Å². The van der Waals surface area contributed by atoms with Crippen molar-refractivity contribution in [3.63, 3.8) is 0 Å². The van der Waals surface area contributed by atoms with Crippen LogP contribution in [0.25, 0.3) is 0 Å². The molecular weight excluding hydrogens is 247 g/mol. The summed E-state index contributed by atoms with van der Waals surface area (Å²) in [6.45, 7) is 5.80. The van der Waals surface area contributed by atoms with E-state index >= 15 is 0 Å². The van der Waals surface area contributed by atoms with E-state index in [0.29, 0.717) is 18.8 Å². The Morgan fingerprint density at radius 2 is 2.11 bits per heavy atom. The van der Waals surface area contributed by atoms with Crippen LogP contribution in [0, 0.1) is 5.82 Å². The molecule has 0 saturated heterocycles. The van der Waals surface area contributed by atoms with Gasteiger partial charge in [-0.25, -0.2) is 4.39 Å². The van der Waals surface area contributed by atoms with Gasteiger partial charge in [0.1, 0.15) is 11.6 Å². The van der Waals surface area contributed by atoms with Gasteiger partial charge in [0.05, 0.1) is 0 Å². The standard InChI is InChI=1S/C14H21FN2O2/c1-4-16-9-11-6-12(15)8-13(7-11)19-10-14(18)17(3)5-2/h6-8,16H,4-5,9-10H2,1-3H3. The predicted octanol–water partition coefficient (Wildman–Crippen LogP) is 1.79. The fraction of sp³-hybridized carbons (Fsp3) is 0.500. The van der Waals surface area contributed by atoms with Gasteiger partial charge in [0.2, 0.25) is 0 Å². The van der Waals surface area contributed by atoms with Crippen LogP contribution in [0.2, 0.25) is 0 Å². The molecule has 0 heterocycles. The maximum absolute atomic E-state index is 13.4. The first kappa shape index (κ1) is 15.4. The smallest absolute Gasteiger partial charge is 0.260 e. The van der Waals surface area contributed by atoms with Gasteiger partial charge < -0.3 is 15.0 Å². The first-order chi connectivity index (χ1) is 9.06. The van der Waals surface area contributed by atoms with E-state index in [1.165, 1.54) is 12.1 Å². The number of carbonyl (C=O) groups excluding carboxylic acids is 1. The normalized spacial score (nSPS) is 10.3. The Hall–Kier alpha value is -1.62. The van der Waals surface area contributed by atoms with E-state index in [0.717, 1.165) is 12.1 Å². The third kappa shape index (κ3) is 5.26. The van der Waals surface area contributed by atoms with E-state index in [-0.39, 0.29) is 18.3 Å². The molecule has 5 heteroatoms. The minimum Gasteiger partial charge on any atom is -0.484 e. The lowest BCUT2D eigenvalue weighted by atomic mass is 10.2. The molecule has 0 unspecified atom stereocenters. The van der Waals surface area contributed by atoms with Crippen LogP contribution < -0.4 is 10.1 Å². The first-order valence-corrected chi connectivity index (χ1v) is 6.43. The highest BCUT2D eigenvalue weighted by Crippen LogP contribution is 2.16.